The van der Waals surface area contributed by atoms with Gasteiger partial charge in [0.2, 0.25) is 10.0 Å². The number of hydrogen-bond donors (Lipinski definition) is 1. The third-order valence-corrected chi connectivity index (χ3v) is 5.65. The molecule has 0 unspecified atom stereocenters. The van der Waals surface area contributed by atoms with Gasteiger partial charge in [-0.25, -0.2) is 8.42 Å². The smallest absolute Gasteiger partial charge is 0.251 e. The quantitative estimate of drug-likeness (QED) is 0.730. The van der Waals surface area contributed by atoms with Crippen LogP contribution in [0.1, 0.15) is 36.5 Å². The molecule has 1 aromatic carbocycles. The van der Waals surface area contributed by atoms with Crippen molar-refractivity contribution in [1.82, 2.24) is 9.62 Å². The third kappa shape index (κ3) is 4.76. The van der Waals surface area contributed by atoms with E-state index in [-0.39, 0.29) is 10.8 Å². The Hall–Kier alpha value is -1.44. The molecular weight excluding hydrogens is 316 g/mol. The maximum atomic E-state index is 12.5. The van der Waals surface area contributed by atoms with E-state index in [9.17, 15) is 13.2 Å². The average Bonchev–Trinajstić information content (AvgIpc) is 3.10. The van der Waals surface area contributed by atoms with E-state index < -0.39 is 10.0 Å². The van der Waals surface area contributed by atoms with Crippen molar-refractivity contribution in [2.75, 3.05) is 32.8 Å². The summed E-state index contributed by atoms with van der Waals surface area (Å²) >= 11 is 0. The second kappa shape index (κ2) is 8.42. The van der Waals surface area contributed by atoms with Gasteiger partial charge >= 0.3 is 0 Å². The first-order valence-electron chi connectivity index (χ1n) is 8.02. The summed E-state index contributed by atoms with van der Waals surface area (Å²) in [5.41, 5.74) is 0.363. The molecule has 1 N–H and O–H groups in total. The zero-order chi connectivity index (χ0) is 16.7. The number of carbonyl (C=O) groups excluding carboxylic acids is 1. The molecule has 0 spiro atoms. The molecule has 0 bridgehead atoms. The van der Waals surface area contributed by atoms with Crippen molar-refractivity contribution < 1.29 is 17.9 Å². The minimum absolute atomic E-state index is 0.182. The Morgan fingerprint density at radius 1 is 1.30 bits per heavy atom. The van der Waals surface area contributed by atoms with Gasteiger partial charge in [0.15, 0.2) is 0 Å². The topological polar surface area (TPSA) is 75.7 Å². The third-order valence-electron chi connectivity index (χ3n) is 3.75. The average molecular weight is 340 g/mol. The van der Waals surface area contributed by atoms with Crippen LogP contribution in [0.4, 0.5) is 0 Å². The highest BCUT2D eigenvalue weighted by Gasteiger charge is 2.27. The number of ether oxygens (including phenoxy) is 1. The Kier molecular flexibility index (Phi) is 6.56. The minimum atomic E-state index is -3.49. The van der Waals surface area contributed by atoms with Gasteiger partial charge in [-0.15, -0.1) is 0 Å². The first-order chi connectivity index (χ1) is 11.1. The van der Waals surface area contributed by atoms with Gasteiger partial charge < -0.3 is 10.1 Å². The molecule has 1 aliphatic heterocycles. The maximum Gasteiger partial charge on any atom is 0.251 e. The highest BCUT2D eigenvalue weighted by molar-refractivity contribution is 7.89. The van der Waals surface area contributed by atoms with Gasteiger partial charge in [-0.1, -0.05) is 6.07 Å². The van der Waals surface area contributed by atoms with Crippen molar-refractivity contribution >= 4 is 15.9 Å². The zero-order valence-electron chi connectivity index (χ0n) is 13.5. The Morgan fingerprint density at radius 3 is 2.74 bits per heavy atom. The van der Waals surface area contributed by atoms with E-state index in [1.165, 1.54) is 10.4 Å². The molecule has 7 heteroatoms. The number of sulfonamides is 1. The highest BCUT2D eigenvalue weighted by atomic mass is 32.2. The van der Waals surface area contributed by atoms with Gasteiger partial charge in [-0.05, 0) is 44.4 Å². The van der Waals surface area contributed by atoms with Crippen LogP contribution >= 0.6 is 0 Å². The maximum absolute atomic E-state index is 12.5. The normalized spacial score (nSPS) is 15.7. The van der Waals surface area contributed by atoms with Crippen LogP contribution in [-0.4, -0.2) is 51.5 Å². The van der Waals surface area contributed by atoms with Gasteiger partial charge in [0.1, 0.15) is 0 Å². The fourth-order valence-corrected chi connectivity index (χ4v) is 4.06. The van der Waals surface area contributed by atoms with Crippen LogP contribution in [0.5, 0.6) is 0 Å². The van der Waals surface area contributed by atoms with E-state index >= 15 is 0 Å². The molecule has 128 valence electrons. The Balaban J connectivity index is 2.00. The number of nitrogens with zero attached hydrogens (tertiary/aromatic N) is 1. The van der Waals surface area contributed by atoms with Crippen molar-refractivity contribution in [3.63, 3.8) is 0 Å². The number of nitrogens with one attached hydrogen (secondary N) is 1. The molecule has 0 aromatic heterocycles. The summed E-state index contributed by atoms with van der Waals surface area (Å²) in [5.74, 6) is -0.264. The van der Waals surface area contributed by atoms with Crippen LogP contribution in [0.25, 0.3) is 0 Å². The highest BCUT2D eigenvalue weighted by Crippen LogP contribution is 2.21. The van der Waals surface area contributed by atoms with Crippen LogP contribution < -0.4 is 5.32 Å². The SMILES string of the molecule is CCOCCCNC(=O)c1cccc(S(=O)(=O)N2CCCC2)c1. The number of amides is 1. The van der Waals surface area contributed by atoms with Crippen LogP contribution in [0.2, 0.25) is 0 Å². The van der Waals surface area contributed by atoms with Crippen molar-refractivity contribution in [2.24, 2.45) is 0 Å². The lowest BCUT2D eigenvalue weighted by molar-refractivity contribution is 0.0944. The summed E-state index contributed by atoms with van der Waals surface area (Å²) in [6.07, 6.45) is 2.50. The lowest BCUT2D eigenvalue weighted by atomic mass is 10.2. The number of carbonyl (C=O) groups is 1. The predicted octanol–water partition coefficient (Wildman–Crippen LogP) is 1.63. The van der Waals surface area contributed by atoms with Gasteiger partial charge in [0.25, 0.3) is 5.91 Å². The molecule has 0 radical (unpaired) electrons. The molecule has 0 atom stereocenters. The summed E-state index contributed by atoms with van der Waals surface area (Å²) in [5, 5.41) is 2.78. The van der Waals surface area contributed by atoms with Crippen molar-refractivity contribution in [2.45, 2.75) is 31.1 Å². The minimum Gasteiger partial charge on any atom is -0.382 e. The van der Waals surface area contributed by atoms with E-state index in [1.54, 1.807) is 18.2 Å². The molecule has 0 saturated carbocycles. The fraction of sp³-hybridized carbons (Fsp3) is 0.562. The lowest BCUT2D eigenvalue weighted by Crippen LogP contribution is -2.29. The predicted molar refractivity (Wildman–Crippen MR) is 87.9 cm³/mol. The Morgan fingerprint density at radius 2 is 2.04 bits per heavy atom. The van der Waals surface area contributed by atoms with Gasteiger partial charge in [0.05, 0.1) is 4.90 Å². The molecular formula is C16H24N2O4S. The second-order valence-electron chi connectivity index (χ2n) is 5.45. The summed E-state index contributed by atoms with van der Waals surface area (Å²) < 4.78 is 31.7. The van der Waals surface area contributed by atoms with Crippen molar-refractivity contribution in [3.8, 4) is 0 Å². The van der Waals surface area contributed by atoms with Crippen molar-refractivity contribution in [1.29, 1.82) is 0 Å². The molecule has 1 amide bonds. The monoisotopic (exact) mass is 340 g/mol. The molecule has 0 aliphatic carbocycles. The number of benzene rings is 1. The first kappa shape index (κ1) is 17.9. The van der Waals surface area contributed by atoms with Crippen LogP contribution in [0.15, 0.2) is 29.2 Å². The van der Waals surface area contributed by atoms with Crippen molar-refractivity contribution in [3.05, 3.63) is 29.8 Å². The van der Waals surface area contributed by atoms with E-state index in [0.717, 1.165) is 19.3 Å². The van der Waals surface area contributed by atoms with E-state index in [0.29, 0.717) is 38.4 Å². The molecule has 2 rings (SSSR count). The van der Waals surface area contributed by atoms with E-state index in [2.05, 4.69) is 5.32 Å². The largest absolute Gasteiger partial charge is 0.382 e. The number of rotatable bonds is 8. The summed E-state index contributed by atoms with van der Waals surface area (Å²) in [6.45, 7) is 4.78. The molecule has 6 nitrogen and oxygen atoms in total. The van der Waals surface area contributed by atoms with Crippen LogP contribution in [0, 0.1) is 0 Å². The zero-order valence-corrected chi connectivity index (χ0v) is 14.3. The van der Waals surface area contributed by atoms with Crippen LogP contribution in [-0.2, 0) is 14.8 Å². The lowest BCUT2D eigenvalue weighted by Gasteiger charge is -2.16. The summed E-state index contributed by atoms with van der Waals surface area (Å²) in [4.78, 5) is 12.3. The summed E-state index contributed by atoms with van der Waals surface area (Å²) in [7, 11) is -3.49. The van der Waals surface area contributed by atoms with E-state index in [4.69, 9.17) is 4.74 Å². The van der Waals surface area contributed by atoms with E-state index in [1.807, 2.05) is 6.92 Å². The molecule has 23 heavy (non-hydrogen) atoms. The molecule has 1 heterocycles. The molecule has 1 aromatic rings. The van der Waals surface area contributed by atoms with Gasteiger partial charge in [0, 0.05) is 38.4 Å². The standard InChI is InChI=1S/C16H24N2O4S/c1-2-22-12-6-9-17-16(19)14-7-5-8-15(13-14)23(20,21)18-10-3-4-11-18/h5,7-8,13H,2-4,6,9-12H2,1H3,(H,17,19). The first-order valence-corrected chi connectivity index (χ1v) is 9.46. The molecule has 1 aliphatic rings. The fourth-order valence-electron chi connectivity index (χ4n) is 2.50. The van der Waals surface area contributed by atoms with Gasteiger partial charge in [-0.3, -0.25) is 4.79 Å². The number of hydrogen-bond acceptors (Lipinski definition) is 4. The molecule has 1 fully saturated rings. The summed E-state index contributed by atoms with van der Waals surface area (Å²) in [6, 6.07) is 6.23. The Labute approximate surface area is 137 Å². The second-order valence-corrected chi connectivity index (χ2v) is 7.38. The van der Waals surface area contributed by atoms with Crippen LogP contribution in [0.3, 0.4) is 0 Å². The van der Waals surface area contributed by atoms with Gasteiger partial charge in [-0.2, -0.15) is 4.31 Å². The molecule has 1 saturated heterocycles. The Bertz CT molecular complexity index is 625.